The zero-order chi connectivity index (χ0) is 28.9. The van der Waals surface area contributed by atoms with Crippen LogP contribution in [0.3, 0.4) is 0 Å². The van der Waals surface area contributed by atoms with Gasteiger partial charge in [-0.2, -0.15) is 8.42 Å². The smallest absolute Gasteiger partial charge is 0.264 e. The predicted molar refractivity (Wildman–Crippen MR) is 176 cm³/mol. The number of nitrogens with zero attached hydrogens (tertiary/aromatic N) is 1. The van der Waals surface area contributed by atoms with Crippen molar-refractivity contribution in [3.05, 3.63) is 138 Å². The number of rotatable bonds is 8. The lowest BCUT2D eigenvalue weighted by molar-refractivity contribution is 0.481. The Kier molecular flexibility index (Phi) is 8.47. The third-order valence-corrected chi connectivity index (χ3v) is 9.66. The lowest BCUT2D eigenvalue weighted by Gasteiger charge is -2.24. The normalized spacial score (nSPS) is 16.7. The van der Waals surface area contributed by atoms with Crippen LogP contribution in [0.25, 0.3) is 27.8 Å². The van der Waals surface area contributed by atoms with Crippen LogP contribution >= 0.6 is 11.8 Å². The van der Waals surface area contributed by atoms with Gasteiger partial charge in [-0.1, -0.05) is 103 Å². The predicted octanol–water partition coefficient (Wildman–Crippen LogP) is 9.03. The summed E-state index contributed by atoms with van der Waals surface area (Å²) in [6, 6.07) is 34.1. The maximum Gasteiger partial charge on any atom is 0.264 e. The molecule has 42 heavy (non-hydrogen) atoms. The number of hydrogen-bond donors (Lipinski definition) is 1. The van der Waals surface area contributed by atoms with E-state index in [4.69, 9.17) is 0 Å². The summed E-state index contributed by atoms with van der Waals surface area (Å²) in [5.41, 5.74) is 10.2. The average molecular weight is 592 g/mol. The molecule has 6 rings (SSSR count). The van der Waals surface area contributed by atoms with Gasteiger partial charge in [-0.05, 0) is 95.0 Å². The van der Waals surface area contributed by atoms with Gasteiger partial charge in [0.05, 0.1) is 16.5 Å². The van der Waals surface area contributed by atoms with Crippen LogP contribution in [0.4, 0.5) is 5.69 Å². The van der Waals surface area contributed by atoms with Gasteiger partial charge in [0.15, 0.2) is 0 Å². The molecule has 1 aliphatic heterocycles. The van der Waals surface area contributed by atoms with Crippen molar-refractivity contribution in [1.29, 1.82) is 0 Å². The van der Waals surface area contributed by atoms with Crippen molar-refractivity contribution in [2.24, 2.45) is 0 Å². The molecule has 1 heterocycles. The molecule has 0 radical (unpaired) electrons. The van der Waals surface area contributed by atoms with E-state index in [9.17, 15) is 13.0 Å². The third kappa shape index (κ3) is 6.46. The average Bonchev–Trinajstić information content (AvgIpc) is 3.36. The number of fused-ring (bicyclic) bond motifs is 2. The van der Waals surface area contributed by atoms with Crippen molar-refractivity contribution in [3.8, 4) is 22.3 Å². The number of benzene rings is 4. The van der Waals surface area contributed by atoms with E-state index in [1.54, 1.807) is 11.8 Å². The maximum absolute atomic E-state index is 11.3. The van der Waals surface area contributed by atoms with Gasteiger partial charge < -0.3 is 4.90 Å². The fraction of sp³-hybridized carbons (Fsp3) is 0.167. The minimum Gasteiger partial charge on any atom is -0.335 e. The van der Waals surface area contributed by atoms with E-state index in [0.29, 0.717) is 13.0 Å². The van der Waals surface area contributed by atoms with Crippen LogP contribution in [0.15, 0.2) is 131 Å². The van der Waals surface area contributed by atoms with Gasteiger partial charge in [0.1, 0.15) is 0 Å². The molecule has 0 saturated heterocycles. The first-order chi connectivity index (χ1) is 20.5. The van der Waals surface area contributed by atoms with Crippen molar-refractivity contribution in [2.45, 2.75) is 30.6 Å². The van der Waals surface area contributed by atoms with E-state index in [2.05, 4.69) is 114 Å². The number of para-hydroxylation sites is 1. The maximum atomic E-state index is 11.3. The van der Waals surface area contributed by atoms with Gasteiger partial charge in [0, 0.05) is 11.4 Å². The Morgan fingerprint density at radius 2 is 1.43 bits per heavy atom. The topological polar surface area (TPSA) is 57.6 Å². The minimum atomic E-state index is -3.99. The fourth-order valence-electron chi connectivity index (χ4n) is 5.79. The Hall–Kier alpha value is -3.84. The molecular formula is C36H33NO3S2. The quantitative estimate of drug-likeness (QED) is 0.207. The molecule has 0 saturated carbocycles. The van der Waals surface area contributed by atoms with E-state index >= 15 is 0 Å². The number of anilines is 1. The van der Waals surface area contributed by atoms with Crippen molar-refractivity contribution in [2.75, 3.05) is 17.2 Å². The first-order valence-corrected chi connectivity index (χ1v) is 16.7. The summed E-state index contributed by atoms with van der Waals surface area (Å²) in [6.07, 6.45) is 12.1. The fourth-order valence-corrected chi connectivity index (χ4v) is 7.38. The summed E-state index contributed by atoms with van der Waals surface area (Å²) in [4.78, 5) is 3.28. The summed E-state index contributed by atoms with van der Waals surface area (Å²) >= 11 is 1.68. The number of hydrogen-bond acceptors (Lipinski definition) is 4. The first kappa shape index (κ1) is 28.3. The molecule has 4 aromatic rings. The lowest BCUT2D eigenvalue weighted by Crippen LogP contribution is -2.21. The Morgan fingerprint density at radius 3 is 2.19 bits per heavy atom. The van der Waals surface area contributed by atoms with Gasteiger partial charge >= 0.3 is 0 Å². The van der Waals surface area contributed by atoms with Gasteiger partial charge in [-0.15, -0.1) is 0 Å². The largest absolute Gasteiger partial charge is 0.335 e. The third-order valence-electron chi connectivity index (χ3n) is 7.73. The summed E-state index contributed by atoms with van der Waals surface area (Å²) < 4.78 is 31.8. The van der Waals surface area contributed by atoms with Gasteiger partial charge in [0.2, 0.25) is 0 Å². The highest BCUT2D eigenvalue weighted by atomic mass is 32.2. The minimum absolute atomic E-state index is 0.249. The van der Waals surface area contributed by atoms with Gasteiger partial charge in [0.25, 0.3) is 10.1 Å². The number of allylic oxidation sites excluding steroid dienone is 5. The van der Waals surface area contributed by atoms with Crippen LogP contribution in [0.2, 0.25) is 0 Å². The van der Waals surface area contributed by atoms with Crippen LogP contribution in [-0.4, -0.2) is 25.3 Å². The Labute approximate surface area is 252 Å². The monoisotopic (exact) mass is 591 g/mol. The SMILES string of the molecule is O=S(=O)(O)CCCN1\C(=C/C=C/C=C2\CCCc3c2cc(-c2ccccc2)cc3-c2ccccc2)Sc2ccccc21. The molecule has 0 aromatic heterocycles. The second kappa shape index (κ2) is 12.6. The van der Waals surface area contributed by atoms with E-state index in [-0.39, 0.29) is 5.75 Å². The molecule has 1 N–H and O–H groups in total. The molecular weight excluding hydrogens is 559 g/mol. The Bertz CT molecular complexity index is 1780. The molecule has 0 fully saturated rings. The van der Waals surface area contributed by atoms with Crippen molar-refractivity contribution < 1.29 is 13.0 Å². The van der Waals surface area contributed by atoms with Crippen LogP contribution in [0.5, 0.6) is 0 Å². The van der Waals surface area contributed by atoms with E-state index in [1.165, 1.54) is 39.0 Å². The van der Waals surface area contributed by atoms with Crippen molar-refractivity contribution in [3.63, 3.8) is 0 Å². The summed E-state index contributed by atoms with van der Waals surface area (Å²) in [5.74, 6) is -0.249. The van der Waals surface area contributed by atoms with Crippen LogP contribution in [0, 0.1) is 0 Å². The highest BCUT2D eigenvalue weighted by Crippen LogP contribution is 2.46. The molecule has 0 spiro atoms. The molecule has 0 unspecified atom stereocenters. The van der Waals surface area contributed by atoms with E-state index < -0.39 is 10.1 Å². The molecule has 0 bridgehead atoms. The molecule has 4 nitrogen and oxygen atoms in total. The molecule has 1 aliphatic carbocycles. The van der Waals surface area contributed by atoms with Crippen molar-refractivity contribution >= 4 is 33.1 Å². The highest BCUT2D eigenvalue weighted by Gasteiger charge is 2.24. The molecule has 6 heteroatoms. The second-order valence-electron chi connectivity index (χ2n) is 10.6. The standard InChI is InChI=1S/C36H33NO3S2/c38-42(39,40)24-12-23-37-34-20-8-9-21-35(34)41-36(37)22-10-7-17-29-18-11-19-31-32(28-15-5-2-6-16-28)25-30(26-33(29)31)27-13-3-1-4-14-27/h1-10,13-17,20-22,25-26H,11-12,18-19,23-24H2,(H,38,39,40)/b10-7+,29-17+,36-22+. The molecule has 0 amide bonds. The molecule has 4 aromatic carbocycles. The van der Waals surface area contributed by atoms with E-state index in [0.717, 1.165) is 34.9 Å². The first-order valence-electron chi connectivity index (χ1n) is 14.3. The number of thioether (sulfide) groups is 1. The lowest BCUT2D eigenvalue weighted by atomic mass is 9.80. The summed E-state index contributed by atoms with van der Waals surface area (Å²) in [7, 11) is -3.99. The molecule has 2 aliphatic rings. The summed E-state index contributed by atoms with van der Waals surface area (Å²) in [5, 5.41) is 1.04. The van der Waals surface area contributed by atoms with Crippen LogP contribution < -0.4 is 4.90 Å². The molecule has 0 atom stereocenters. The van der Waals surface area contributed by atoms with Crippen LogP contribution in [-0.2, 0) is 16.5 Å². The highest BCUT2D eigenvalue weighted by molar-refractivity contribution is 8.03. The van der Waals surface area contributed by atoms with Gasteiger partial charge in [-0.3, -0.25) is 4.55 Å². The second-order valence-corrected chi connectivity index (χ2v) is 13.2. The molecule has 212 valence electrons. The zero-order valence-electron chi connectivity index (χ0n) is 23.3. The Morgan fingerprint density at radius 1 is 0.762 bits per heavy atom. The van der Waals surface area contributed by atoms with Crippen molar-refractivity contribution in [1.82, 2.24) is 0 Å². The van der Waals surface area contributed by atoms with E-state index in [1.807, 2.05) is 12.1 Å². The van der Waals surface area contributed by atoms with Gasteiger partial charge in [-0.25, -0.2) is 0 Å². The summed E-state index contributed by atoms with van der Waals surface area (Å²) in [6.45, 7) is 0.516. The zero-order valence-corrected chi connectivity index (χ0v) is 25.0. The van der Waals surface area contributed by atoms with Crippen LogP contribution in [0.1, 0.15) is 30.4 Å². The Balaban J connectivity index is 1.31.